The number of hydrogen-bond acceptors (Lipinski definition) is 6. The van der Waals surface area contributed by atoms with Crippen LogP contribution in [0.1, 0.15) is 19.4 Å². The van der Waals surface area contributed by atoms with Crippen molar-refractivity contribution < 1.29 is 22.7 Å². The SMILES string of the molecule is COc1ccc(S(=O)(=O)N2CCN(C(=O)CN(Cc3ccccc3)C(C)C)CC2)cc1OC. The number of carbonyl (C=O) groups excluding carboxylic acids is 1. The van der Waals surface area contributed by atoms with Crippen LogP contribution in [-0.4, -0.2) is 81.4 Å². The molecular formula is C24H33N3O5S. The maximum absolute atomic E-state index is 13.1. The molecule has 1 aliphatic rings. The van der Waals surface area contributed by atoms with Crippen LogP contribution in [0.25, 0.3) is 0 Å². The maximum atomic E-state index is 13.1. The molecule has 0 aliphatic carbocycles. The first-order valence-electron chi connectivity index (χ1n) is 11.0. The van der Waals surface area contributed by atoms with E-state index in [0.717, 1.165) is 5.56 Å². The Morgan fingerprint density at radius 3 is 2.18 bits per heavy atom. The van der Waals surface area contributed by atoms with Crippen molar-refractivity contribution in [1.29, 1.82) is 0 Å². The lowest BCUT2D eigenvalue weighted by molar-refractivity contribution is -0.134. The third-order valence-corrected chi connectivity index (χ3v) is 7.78. The van der Waals surface area contributed by atoms with Gasteiger partial charge in [-0.05, 0) is 31.5 Å². The molecule has 33 heavy (non-hydrogen) atoms. The van der Waals surface area contributed by atoms with Gasteiger partial charge in [-0.25, -0.2) is 8.42 Å². The van der Waals surface area contributed by atoms with Crippen LogP contribution in [0.3, 0.4) is 0 Å². The summed E-state index contributed by atoms with van der Waals surface area (Å²) < 4.78 is 38.1. The molecule has 180 valence electrons. The first-order chi connectivity index (χ1) is 15.8. The van der Waals surface area contributed by atoms with E-state index in [2.05, 4.69) is 30.9 Å². The molecule has 1 aliphatic heterocycles. The van der Waals surface area contributed by atoms with Crippen molar-refractivity contribution >= 4 is 15.9 Å². The predicted molar refractivity (Wildman–Crippen MR) is 127 cm³/mol. The summed E-state index contributed by atoms with van der Waals surface area (Å²) in [6, 6.07) is 14.8. The molecular weight excluding hydrogens is 442 g/mol. The van der Waals surface area contributed by atoms with Crippen LogP contribution in [0.2, 0.25) is 0 Å². The smallest absolute Gasteiger partial charge is 0.243 e. The van der Waals surface area contributed by atoms with Gasteiger partial charge in [-0.15, -0.1) is 0 Å². The number of amides is 1. The monoisotopic (exact) mass is 475 g/mol. The molecule has 0 aromatic heterocycles. The van der Waals surface area contributed by atoms with Crippen LogP contribution in [0.5, 0.6) is 11.5 Å². The van der Waals surface area contributed by atoms with E-state index < -0.39 is 10.0 Å². The van der Waals surface area contributed by atoms with E-state index in [9.17, 15) is 13.2 Å². The number of rotatable bonds is 9. The van der Waals surface area contributed by atoms with Gasteiger partial charge < -0.3 is 14.4 Å². The van der Waals surface area contributed by atoms with E-state index in [0.29, 0.717) is 37.7 Å². The average Bonchev–Trinajstić information content (AvgIpc) is 2.83. The Bertz CT molecular complexity index is 1040. The summed E-state index contributed by atoms with van der Waals surface area (Å²) in [6.07, 6.45) is 0. The summed E-state index contributed by atoms with van der Waals surface area (Å²) in [6.45, 7) is 6.37. The number of hydrogen-bond donors (Lipinski definition) is 0. The van der Waals surface area contributed by atoms with Crippen molar-refractivity contribution in [3.8, 4) is 11.5 Å². The molecule has 2 aromatic rings. The van der Waals surface area contributed by atoms with E-state index in [1.165, 1.54) is 30.7 Å². The molecule has 1 amide bonds. The quantitative estimate of drug-likeness (QED) is 0.554. The minimum atomic E-state index is -3.70. The van der Waals surface area contributed by atoms with Gasteiger partial charge in [-0.1, -0.05) is 30.3 Å². The number of carbonyl (C=O) groups is 1. The standard InChI is InChI=1S/C24H33N3O5S/c1-19(2)26(17-20-8-6-5-7-9-20)18-24(28)25-12-14-27(15-13-25)33(29,30)21-10-11-22(31-3)23(16-21)32-4/h5-11,16,19H,12-15,17-18H2,1-4H3. The number of sulfonamides is 1. The third-order valence-electron chi connectivity index (χ3n) is 5.88. The van der Waals surface area contributed by atoms with Crippen molar-refractivity contribution in [2.45, 2.75) is 31.3 Å². The molecule has 9 heteroatoms. The van der Waals surface area contributed by atoms with Crippen molar-refractivity contribution in [1.82, 2.24) is 14.1 Å². The number of benzene rings is 2. The van der Waals surface area contributed by atoms with E-state index in [1.807, 2.05) is 18.2 Å². The molecule has 0 atom stereocenters. The lowest BCUT2D eigenvalue weighted by atomic mass is 10.2. The molecule has 8 nitrogen and oxygen atoms in total. The molecule has 0 N–H and O–H groups in total. The van der Waals surface area contributed by atoms with Crippen molar-refractivity contribution in [3.63, 3.8) is 0 Å². The highest BCUT2D eigenvalue weighted by Crippen LogP contribution is 2.30. The molecule has 1 heterocycles. The van der Waals surface area contributed by atoms with E-state index >= 15 is 0 Å². The van der Waals surface area contributed by atoms with Gasteiger partial charge in [0, 0.05) is 44.8 Å². The number of piperazine rings is 1. The minimum Gasteiger partial charge on any atom is -0.493 e. The van der Waals surface area contributed by atoms with Crippen molar-refractivity contribution in [2.24, 2.45) is 0 Å². The Morgan fingerprint density at radius 2 is 1.61 bits per heavy atom. The van der Waals surface area contributed by atoms with Crippen LogP contribution in [0.15, 0.2) is 53.4 Å². The zero-order chi connectivity index (χ0) is 24.0. The highest BCUT2D eigenvalue weighted by atomic mass is 32.2. The molecule has 1 saturated heterocycles. The summed E-state index contributed by atoms with van der Waals surface area (Å²) >= 11 is 0. The van der Waals surface area contributed by atoms with Crippen LogP contribution in [-0.2, 0) is 21.4 Å². The van der Waals surface area contributed by atoms with Gasteiger partial charge in [-0.2, -0.15) is 4.31 Å². The second-order valence-electron chi connectivity index (χ2n) is 8.29. The largest absolute Gasteiger partial charge is 0.493 e. The second-order valence-corrected chi connectivity index (χ2v) is 10.2. The molecule has 0 spiro atoms. The Balaban J connectivity index is 1.62. The molecule has 0 radical (unpaired) electrons. The molecule has 3 rings (SSSR count). The van der Waals surface area contributed by atoms with Crippen LogP contribution in [0, 0.1) is 0 Å². The Hall–Kier alpha value is -2.62. The van der Waals surface area contributed by atoms with Crippen LogP contribution >= 0.6 is 0 Å². The van der Waals surface area contributed by atoms with Gasteiger partial charge >= 0.3 is 0 Å². The van der Waals surface area contributed by atoms with Crippen molar-refractivity contribution in [3.05, 3.63) is 54.1 Å². The zero-order valence-corrected chi connectivity index (χ0v) is 20.5. The maximum Gasteiger partial charge on any atom is 0.243 e. The Labute approximate surface area is 196 Å². The minimum absolute atomic E-state index is 0.0165. The first kappa shape index (κ1) is 25.0. The van der Waals surface area contributed by atoms with Crippen LogP contribution < -0.4 is 9.47 Å². The van der Waals surface area contributed by atoms with Gasteiger partial charge in [0.1, 0.15) is 0 Å². The van der Waals surface area contributed by atoms with Gasteiger partial charge in [0.2, 0.25) is 15.9 Å². The lowest BCUT2D eigenvalue weighted by Crippen LogP contribution is -2.53. The number of ether oxygens (including phenoxy) is 2. The number of nitrogens with zero attached hydrogens (tertiary/aromatic N) is 3. The fraction of sp³-hybridized carbons (Fsp3) is 0.458. The summed E-state index contributed by atoms with van der Waals surface area (Å²) in [7, 11) is -0.725. The molecule has 0 unspecified atom stereocenters. The summed E-state index contributed by atoms with van der Waals surface area (Å²) in [5, 5.41) is 0. The summed E-state index contributed by atoms with van der Waals surface area (Å²) in [5.74, 6) is 0.847. The summed E-state index contributed by atoms with van der Waals surface area (Å²) in [4.78, 5) is 17.0. The average molecular weight is 476 g/mol. The van der Waals surface area contributed by atoms with E-state index in [-0.39, 0.29) is 29.9 Å². The van der Waals surface area contributed by atoms with Crippen LogP contribution in [0.4, 0.5) is 0 Å². The molecule has 2 aromatic carbocycles. The van der Waals surface area contributed by atoms with Crippen molar-refractivity contribution in [2.75, 3.05) is 46.9 Å². The number of methoxy groups -OCH3 is 2. The fourth-order valence-electron chi connectivity index (χ4n) is 3.82. The highest BCUT2D eigenvalue weighted by molar-refractivity contribution is 7.89. The molecule has 0 saturated carbocycles. The zero-order valence-electron chi connectivity index (χ0n) is 19.7. The topological polar surface area (TPSA) is 79.4 Å². The second kappa shape index (κ2) is 11.0. The lowest BCUT2D eigenvalue weighted by Gasteiger charge is -2.36. The van der Waals surface area contributed by atoms with Gasteiger partial charge in [-0.3, -0.25) is 9.69 Å². The fourth-order valence-corrected chi connectivity index (χ4v) is 5.25. The summed E-state index contributed by atoms with van der Waals surface area (Å²) in [5.41, 5.74) is 1.16. The first-order valence-corrected chi connectivity index (χ1v) is 12.5. The Kier molecular flexibility index (Phi) is 8.34. The molecule has 1 fully saturated rings. The van der Waals surface area contributed by atoms with E-state index in [4.69, 9.17) is 9.47 Å². The Morgan fingerprint density at radius 1 is 0.970 bits per heavy atom. The highest BCUT2D eigenvalue weighted by Gasteiger charge is 2.31. The third kappa shape index (κ3) is 6.04. The van der Waals surface area contributed by atoms with E-state index in [1.54, 1.807) is 11.0 Å². The van der Waals surface area contributed by atoms with Gasteiger partial charge in [0.05, 0.1) is 25.7 Å². The normalized spacial score (nSPS) is 15.2. The predicted octanol–water partition coefficient (Wildman–Crippen LogP) is 2.45. The van der Waals surface area contributed by atoms with Gasteiger partial charge in [0.15, 0.2) is 11.5 Å². The molecule has 0 bridgehead atoms. The van der Waals surface area contributed by atoms with Gasteiger partial charge in [0.25, 0.3) is 0 Å².